The van der Waals surface area contributed by atoms with Gasteiger partial charge in [-0.1, -0.05) is 37.3 Å². The highest BCUT2D eigenvalue weighted by Gasteiger charge is 2.38. The zero-order chi connectivity index (χ0) is 16.4. The Hall–Kier alpha value is -1.36. The molecule has 1 amide bonds. The van der Waals surface area contributed by atoms with Gasteiger partial charge in [0, 0.05) is 13.1 Å². The quantitative estimate of drug-likeness (QED) is 0.859. The third-order valence-electron chi connectivity index (χ3n) is 4.68. The second kappa shape index (κ2) is 6.41. The lowest BCUT2D eigenvalue weighted by atomic mass is 9.94. The van der Waals surface area contributed by atoms with Gasteiger partial charge in [-0.15, -0.1) is 0 Å². The van der Waals surface area contributed by atoms with Gasteiger partial charge >= 0.3 is 0 Å². The zero-order valence-electron chi connectivity index (χ0n) is 13.6. The SMILES string of the molecule is CCC(C(=O)N1CCC(C)(C)S(=O)(=O)CC1)c1ccccc1. The molecule has 1 aliphatic rings. The lowest BCUT2D eigenvalue weighted by Gasteiger charge is -2.26. The Morgan fingerprint density at radius 1 is 1.23 bits per heavy atom. The molecule has 1 aromatic carbocycles. The van der Waals surface area contributed by atoms with Crippen molar-refractivity contribution in [3.63, 3.8) is 0 Å². The summed E-state index contributed by atoms with van der Waals surface area (Å²) in [4.78, 5) is 14.6. The first kappa shape index (κ1) is 17.0. The minimum Gasteiger partial charge on any atom is -0.341 e. The Morgan fingerprint density at radius 2 is 1.86 bits per heavy atom. The number of amides is 1. The van der Waals surface area contributed by atoms with Gasteiger partial charge in [0.15, 0.2) is 9.84 Å². The average molecular weight is 323 g/mol. The highest BCUT2D eigenvalue weighted by molar-refractivity contribution is 7.92. The predicted octanol–water partition coefficient (Wildman–Crippen LogP) is 2.61. The standard InChI is InChI=1S/C17H25NO3S/c1-4-15(14-8-6-5-7-9-14)16(19)18-11-10-17(2,3)22(20,21)13-12-18/h5-9,15H,4,10-13H2,1-3H3. The number of carbonyl (C=O) groups excluding carboxylic acids is 1. The van der Waals surface area contributed by atoms with Crippen molar-refractivity contribution in [1.82, 2.24) is 4.90 Å². The fourth-order valence-corrected chi connectivity index (χ4v) is 4.27. The van der Waals surface area contributed by atoms with Gasteiger partial charge < -0.3 is 4.90 Å². The molecule has 1 atom stereocenters. The van der Waals surface area contributed by atoms with Gasteiger partial charge in [-0.05, 0) is 32.3 Å². The van der Waals surface area contributed by atoms with Gasteiger partial charge in [0.05, 0.1) is 16.4 Å². The van der Waals surface area contributed by atoms with E-state index < -0.39 is 14.6 Å². The summed E-state index contributed by atoms with van der Waals surface area (Å²) in [7, 11) is -3.15. The maximum absolute atomic E-state index is 12.8. The highest BCUT2D eigenvalue weighted by atomic mass is 32.2. The maximum atomic E-state index is 12.8. The van der Waals surface area contributed by atoms with Crippen LogP contribution in [0.1, 0.15) is 45.1 Å². The van der Waals surface area contributed by atoms with Crippen molar-refractivity contribution >= 4 is 15.7 Å². The van der Waals surface area contributed by atoms with Crippen LogP contribution in [0.3, 0.4) is 0 Å². The summed E-state index contributed by atoms with van der Waals surface area (Å²) in [5.41, 5.74) is 1.00. The molecule has 0 bridgehead atoms. The molecule has 0 N–H and O–H groups in total. The van der Waals surface area contributed by atoms with E-state index >= 15 is 0 Å². The molecule has 0 aliphatic carbocycles. The molecular formula is C17H25NO3S. The molecule has 22 heavy (non-hydrogen) atoms. The van der Waals surface area contributed by atoms with Crippen molar-refractivity contribution in [1.29, 1.82) is 0 Å². The topological polar surface area (TPSA) is 54.5 Å². The van der Waals surface area contributed by atoms with Gasteiger partial charge in [0.25, 0.3) is 0 Å². The van der Waals surface area contributed by atoms with Gasteiger partial charge in [0.1, 0.15) is 0 Å². The third-order valence-corrected chi connectivity index (χ3v) is 7.28. The number of rotatable bonds is 3. The lowest BCUT2D eigenvalue weighted by molar-refractivity contribution is -0.132. The molecule has 0 radical (unpaired) electrons. The van der Waals surface area contributed by atoms with Crippen LogP contribution in [0, 0.1) is 0 Å². The van der Waals surface area contributed by atoms with Crippen LogP contribution in [0.2, 0.25) is 0 Å². The first-order valence-corrected chi connectivity index (χ1v) is 9.50. The zero-order valence-corrected chi connectivity index (χ0v) is 14.4. The summed E-state index contributed by atoms with van der Waals surface area (Å²) in [6, 6.07) is 9.72. The van der Waals surface area contributed by atoms with Crippen LogP contribution < -0.4 is 0 Å². The van der Waals surface area contributed by atoms with Gasteiger partial charge in [-0.2, -0.15) is 0 Å². The number of sulfone groups is 1. The van der Waals surface area contributed by atoms with Crippen LogP contribution in [0.25, 0.3) is 0 Å². The molecule has 1 unspecified atom stereocenters. The van der Waals surface area contributed by atoms with Crippen molar-refractivity contribution in [2.24, 2.45) is 0 Å². The van der Waals surface area contributed by atoms with E-state index in [0.717, 1.165) is 12.0 Å². The fraction of sp³-hybridized carbons (Fsp3) is 0.588. The smallest absolute Gasteiger partial charge is 0.230 e. The Kier molecular flexibility index (Phi) is 4.95. The molecule has 1 heterocycles. The van der Waals surface area contributed by atoms with E-state index in [1.807, 2.05) is 37.3 Å². The summed E-state index contributed by atoms with van der Waals surface area (Å²) in [5.74, 6) is -0.0940. The number of hydrogen-bond donors (Lipinski definition) is 0. The molecule has 122 valence electrons. The Morgan fingerprint density at radius 3 is 2.45 bits per heavy atom. The predicted molar refractivity (Wildman–Crippen MR) is 88.5 cm³/mol. The second-order valence-electron chi connectivity index (χ2n) is 6.53. The number of nitrogens with zero attached hydrogens (tertiary/aromatic N) is 1. The van der Waals surface area contributed by atoms with Crippen LogP contribution in [0.5, 0.6) is 0 Å². The van der Waals surface area contributed by atoms with E-state index in [0.29, 0.717) is 19.5 Å². The van der Waals surface area contributed by atoms with Crippen molar-refractivity contribution in [2.75, 3.05) is 18.8 Å². The van der Waals surface area contributed by atoms with Crippen molar-refractivity contribution in [2.45, 2.75) is 44.3 Å². The average Bonchev–Trinajstić information content (AvgIpc) is 2.58. The van der Waals surface area contributed by atoms with Crippen LogP contribution in [0.4, 0.5) is 0 Å². The van der Waals surface area contributed by atoms with Crippen LogP contribution >= 0.6 is 0 Å². The monoisotopic (exact) mass is 323 g/mol. The lowest BCUT2D eigenvalue weighted by Crippen LogP contribution is -2.37. The van der Waals surface area contributed by atoms with Crippen molar-refractivity contribution in [3.8, 4) is 0 Å². The Bertz CT molecular complexity index is 623. The first-order valence-electron chi connectivity index (χ1n) is 7.84. The molecule has 2 rings (SSSR count). The number of carbonyl (C=O) groups is 1. The van der Waals surface area contributed by atoms with E-state index in [1.54, 1.807) is 18.7 Å². The van der Waals surface area contributed by atoms with E-state index in [1.165, 1.54) is 0 Å². The van der Waals surface area contributed by atoms with Gasteiger partial charge in [0.2, 0.25) is 5.91 Å². The Labute approximate surface area is 133 Å². The van der Waals surface area contributed by atoms with Crippen LogP contribution in [-0.2, 0) is 14.6 Å². The van der Waals surface area contributed by atoms with Crippen molar-refractivity contribution < 1.29 is 13.2 Å². The summed E-state index contributed by atoms with van der Waals surface area (Å²) < 4.78 is 23.8. The molecule has 0 spiro atoms. The highest BCUT2D eigenvalue weighted by Crippen LogP contribution is 2.28. The first-order chi connectivity index (χ1) is 10.3. The summed E-state index contributed by atoms with van der Waals surface area (Å²) in [5, 5.41) is 0. The second-order valence-corrected chi connectivity index (χ2v) is 9.27. The molecule has 0 aromatic heterocycles. The molecule has 5 heteroatoms. The number of hydrogen-bond acceptors (Lipinski definition) is 3. The van der Waals surface area contributed by atoms with E-state index in [9.17, 15) is 13.2 Å². The normalized spacial score (nSPS) is 21.9. The van der Waals surface area contributed by atoms with Crippen LogP contribution in [0.15, 0.2) is 30.3 Å². The minimum absolute atomic E-state index is 0.0431. The van der Waals surface area contributed by atoms with E-state index in [2.05, 4.69) is 0 Å². The number of benzene rings is 1. The fourth-order valence-electron chi connectivity index (χ4n) is 2.86. The van der Waals surface area contributed by atoms with Gasteiger partial charge in [-0.3, -0.25) is 4.79 Å². The molecule has 1 fully saturated rings. The molecule has 1 aliphatic heterocycles. The molecule has 0 saturated carbocycles. The molecular weight excluding hydrogens is 298 g/mol. The molecule has 1 saturated heterocycles. The third kappa shape index (κ3) is 3.35. The van der Waals surface area contributed by atoms with E-state index in [4.69, 9.17) is 0 Å². The minimum atomic E-state index is -3.15. The summed E-state index contributed by atoms with van der Waals surface area (Å²) in [6.45, 7) is 6.31. The summed E-state index contributed by atoms with van der Waals surface area (Å²) >= 11 is 0. The Balaban J connectivity index is 2.19. The largest absolute Gasteiger partial charge is 0.341 e. The molecule has 4 nitrogen and oxygen atoms in total. The van der Waals surface area contributed by atoms with E-state index in [-0.39, 0.29) is 17.6 Å². The van der Waals surface area contributed by atoms with Gasteiger partial charge in [-0.25, -0.2) is 8.42 Å². The van der Waals surface area contributed by atoms with Crippen LogP contribution in [-0.4, -0.2) is 42.8 Å². The van der Waals surface area contributed by atoms with Crippen molar-refractivity contribution in [3.05, 3.63) is 35.9 Å². The molecule has 1 aromatic rings. The maximum Gasteiger partial charge on any atom is 0.230 e. The summed E-state index contributed by atoms with van der Waals surface area (Å²) in [6.07, 6.45) is 1.21.